The molecular weight excluding hydrogens is 1270 g/mol. The standard InChI is InChI=1S/C21H21N3O2.C20H19N3O2.C20H18N2O2S.C16H14F3NO2/c1-4-24(5-2)15-11-10-14-12-16(21(25)26-19(14)13-15)20-22-17-8-6-7-9-18(17)23(20)3;1-3-23(4-2)14-10-9-13-11-15(20(24)25-18(13)12-14)19-21-16-7-5-6-8-17(16)22-19;1-3-22(4-2)14-10-9-13-11-15(20(23)24-17(13)12-14)19-21-16-7-5-6-8-18(16)25-19;17-16(18,19)12-8-13(21)22-15-10-4-2-6-20-5-1-3-9(14(10)20)7-11(12)15/h6-13H,4-5H2,1-3H3;5-12H,3-4H2,1-2H3,(H,21,22);5-12H,3-4H2,1-2H3;7-8H,1-6H2. The number of fused-ring (bicyclic) bond motifs is 8. The number of imidazole rings is 2. The lowest BCUT2D eigenvalue weighted by Gasteiger charge is -2.37. The normalized spacial score (nSPS) is 12.7. The highest BCUT2D eigenvalue weighted by Crippen LogP contribution is 2.43. The maximum atomic E-state index is 13.3. The molecule has 7 aromatic carbocycles. The van der Waals surface area contributed by atoms with E-state index in [4.69, 9.17) is 17.7 Å². The Labute approximate surface area is 564 Å². The summed E-state index contributed by atoms with van der Waals surface area (Å²) in [5.74, 6) is 1.15. The fourth-order valence-corrected chi connectivity index (χ4v) is 14.3. The van der Waals surface area contributed by atoms with E-state index >= 15 is 0 Å². The lowest BCUT2D eigenvalue weighted by Crippen LogP contribution is -2.34. The van der Waals surface area contributed by atoms with Crippen LogP contribution < -0.4 is 42.1 Å². The first-order valence-corrected chi connectivity index (χ1v) is 33.9. The Hall–Kier alpha value is -10.8. The number of halogens is 3. The number of hydrogen-bond donors (Lipinski definition) is 1. The zero-order valence-electron chi connectivity index (χ0n) is 55.4. The molecule has 2 aliphatic rings. The van der Waals surface area contributed by atoms with Crippen molar-refractivity contribution < 1.29 is 30.8 Å². The van der Waals surface area contributed by atoms with E-state index < -0.39 is 17.4 Å². The van der Waals surface area contributed by atoms with Crippen LogP contribution in [0.5, 0.6) is 0 Å². The number of thiazole rings is 1. The molecule has 0 radical (unpaired) electrons. The number of para-hydroxylation sites is 5. The van der Waals surface area contributed by atoms with E-state index in [1.807, 2.05) is 139 Å². The highest BCUT2D eigenvalue weighted by atomic mass is 32.1. The monoisotopic (exact) mass is 1340 g/mol. The summed E-state index contributed by atoms with van der Waals surface area (Å²) in [6, 6.07) is 49.1. The summed E-state index contributed by atoms with van der Waals surface area (Å²) in [7, 11) is 1.91. The molecule has 0 saturated carbocycles. The molecule has 9 heterocycles. The Morgan fingerprint density at radius 3 is 1.60 bits per heavy atom. The number of aromatic nitrogens is 5. The first-order chi connectivity index (χ1) is 47.4. The minimum atomic E-state index is -4.56. The Morgan fingerprint density at radius 2 is 1.04 bits per heavy atom. The summed E-state index contributed by atoms with van der Waals surface area (Å²) in [6.45, 7) is 19.9. The minimum absolute atomic E-state index is 0.0181. The molecule has 0 bridgehead atoms. The number of nitrogens with zero attached hydrogens (tertiary/aromatic N) is 8. The average Bonchev–Trinajstić information content (AvgIpc) is 1.12. The second kappa shape index (κ2) is 27.7. The molecule has 0 amide bonds. The van der Waals surface area contributed by atoms with Gasteiger partial charge < -0.3 is 46.8 Å². The number of alkyl halides is 3. The lowest BCUT2D eigenvalue weighted by molar-refractivity contribution is -0.136. The second-order valence-corrected chi connectivity index (χ2v) is 25.0. The third-order valence-electron chi connectivity index (χ3n) is 18.3. The second-order valence-electron chi connectivity index (χ2n) is 24.0. The molecule has 0 fully saturated rings. The highest BCUT2D eigenvalue weighted by Gasteiger charge is 2.36. The topological polar surface area (TPSA) is 193 Å². The van der Waals surface area contributed by atoms with Gasteiger partial charge in [0.05, 0.1) is 43.4 Å². The number of H-pyrrole nitrogens is 1. The summed E-state index contributed by atoms with van der Waals surface area (Å²) in [6.07, 6.45) is -1.33. The van der Waals surface area contributed by atoms with E-state index in [1.165, 1.54) is 11.3 Å². The number of aryl methyl sites for hydroxylation is 3. The molecule has 1 N–H and O–H groups in total. The first-order valence-electron chi connectivity index (χ1n) is 33.1. The minimum Gasteiger partial charge on any atom is -0.422 e. The van der Waals surface area contributed by atoms with E-state index in [0.29, 0.717) is 62.6 Å². The van der Waals surface area contributed by atoms with E-state index in [2.05, 4.69) is 99.3 Å². The first kappa shape index (κ1) is 65.8. The fraction of sp³-hybridized carbons (Fsp3) is 0.260. The van der Waals surface area contributed by atoms with Crippen molar-refractivity contribution in [2.45, 2.75) is 73.4 Å². The van der Waals surface area contributed by atoms with E-state index in [0.717, 1.165) is 154 Å². The van der Waals surface area contributed by atoms with Crippen LogP contribution in [-0.2, 0) is 26.1 Å². The van der Waals surface area contributed by atoms with Gasteiger partial charge in [-0.2, -0.15) is 13.2 Å². The van der Waals surface area contributed by atoms with Gasteiger partial charge in [-0.25, -0.2) is 34.1 Å². The summed E-state index contributed by atoms with van der Waals surface area (Å²) in [5.41, 5.74) is 10.8. The largest absolute Gasteiger partial charge is 0.422 e. The van der Waals surface area contributed by atoms with Gasteiger partial charge in [0.25, 0.3) is 0 Å². The molecule has 16 rings (SSSR count). The van der Waals surface area contributed by atoms with Crippen molar-refractivity contribution in [3.63, 3.8) is 0 Å². The number of rotatable bonds is 12. The average molecular weight is 1340 g/mol. The molecule has 0 unspecified atom stereocenters. The number of nitrogens with one attached hydrogen (secondary N) is 1. The summed E-state index contributed by atoms with van der Waals surface area (Å²) >= 11 is 1.51. The molecule has 2 aliphatic heterocycles. The summed E-state index contributed by atoms with van der Waals surface area (Å²) in [5, 5.41) is 3.40. The van der Waals surface area contributed by atoms with Gasteiger partial charge in [0.15, 0.2) is 0 Å². The maximum Gasteiger partial charge on any atom is 0.417 e. The SMILES string of the molecule is CCN(CC)c1ccc2cc(-c3nc4ccccc4[nH]3)c(=O)oc2c1.CCN(CC)c1ccc2cc(-c3nc4ccccc4n3C)c(=O)oc2c1.CCN(CC)c1ccc2cc(-c3nc4ccccc4s3)c(=O)oc2c1.O=c1cc(C(F)(F)F)c2cc3c4c(c2o1)CCCN4CCC3. The predicted molar refractivity (Wildman–Crippen MR) is 388 cm³/mol. The Morgan fingerprint density at radius 1 is 0.531 bits per heavy atom. The molecule has 98 heavy (non-hydrogen) atoms. The summed E-state index contributed by atoms with van der Waals surface area (Å²) in [4.78, 5) is 75.0. The van der Waals surface area contributed by atoms with Crippen LogP contribution in [0.4, 0.5) is 35.9 Å². The van der Waals surface area contributed by atoms with Crippen LogP contribution >= 0.6 is 11.3 Å². The molecular formula is C77H72F3N9O8S. The van der Waals surface area contributed by atoms with Crippen LogP contribution in [0.3, 0.4) is 0 Å². The zero-order chi connectivity index (χ0) is 68.5. The van der Waals surface area contributed by atoms with Gasteiger partial charge >= 0.3 is 28.7 Å². The Bertz CT molecular complexity index is 5310. The van der Waals surface area contributed by atoms with Crippen molar-refractivity contribution in [2.24, 2.45) is 7.05 Å². The molecule has 14 aromatic rings. The Kier molecular flexibility index (Phi) is 18.6. The molecule has 17 nitrogen and oxygen atoms in total. The van der Waals surface area contributed by atoms with Crippen molar-refractivity contribution in [1.29, 1.82) is 0 Å². The maximum absolute atomic E-state index is 13.3. The van der Waals surface area contributed by atoms with E-state index in [-0.39, 0.29) is 27.8 Å². The molecule has 0 aliphatic carbocycles. The number of hydrogen-bond acceptors (Lipinski definition) is 16. The van der Waals surface area contributed by atoms with Gasteiger partial charge in [0.1, 0.15) is 50.1 Å². The van der Waals surface area contributed by atoms with Crippen LogP contribution in [0.2, 0.25) is 0 Å². The predicted octanol–water partition coefficient (Wildman–Crippen LogP) is 16.8. The highest BCUT2D eigenvalue weighted by molar-refractivity contribution is 7.21. The zero-order valence-corrected chi connectivity index (χ0v) is 56.2. The van der Waals surface area contributed by atoms with Gasteiger partial charge in [-0.15, -0.1) is 11.3 Å². The molecule has 0 saturated heterocycles. The molecule has 0 spiro atoms. The van der Waals surface area contributed by atoms with Gasteiger partial charge in [0.2, 0.25) is 0 Å². The van der Waals surface area contributed by atoms with Crippen molar-refractivity contribution in [3.8, 4) is 33.3 Å². The molecule has 500 valence electrons. The van der Waals surface area contributed by atoms with Crippen molar-refractivity contribution in [1.82, 2.24) is 24.5 Å². The van der Waals surface area contributed by atoms with E-state index in [1.54, 1.807) is 6.07 Å². The fourth-order valence-electron chi connectivity index (χ4n) is 13.3. The van der Waals surface area contributed by atoms with Gasteiger partial charge in [-0.1, -0.05) is 36.4 Å². The number of aromatic amines is 1. The van der Waals surface area contributed by atoms with Gasteiger partial charge in [0, 0.05) is 134 Å². The van der Waals surface area contributed by atoms with Crippen molar-refractivity contribution in [3.05, 3.63) is 216 Å². The van der Waals surface area contributed by atoms with E-state index in [9.17, 15) is 32.3 Å². The Balaban J connectivity index is 0.000000118. The van der Waals surface area contributed by atoms with Crippen molar-refractivity contribution in [2.75, 3.05) is 72.0 Å². The van der Waals surface area contributed by atoms with Crippen LogP contribution in [-0.4, -0.2) is 76.9 Å². The van der Waals surface area contributed by atoms with Gasteiger partial charge in [-0.3, -0.25) is 0 Å². The third kappa shape index (κ3) is 13.0. The van der Waals surface area contributed by atoms with Crippen LogP contribution in [0.15, 0.2) is 195 Å². The molecule has 0 atom stereocenters. The summed E-state index contributed by atoms with van der Waals surface area (Å²) < 4.78 is 64.8. The van der Waals surface area contributed by atoms with Gasteiger partial charge in [-0.05, 0) is 170 Å². The third-order valence-corrected chi connectivity index (χ3v) is 19.3. The van der Waals surface area contributed by atoms with Crippen LogP contribution in [0.25, 0.3) is 110 Å². The molecule has 7 aromatic heterocycles. The van der Waals surface area contributed by atoms with Crippen molar-refractivity contribution >= 4 is 110 Å². The number of benzene rings is 7. The number of anilines is 4. The van der Waals surface area contributed by atoms with Crippen LogP contribution in [0.1, 0.15) is 71.1 Å². The smallest absolute Gasteiger partial charge is 0.417 e. The quantitative estimate of drug-likeness (QED) is 0.113. The molecule has 21 heteroatoms. The van der Waals surface area contributed by atoms with Crippen LogP contribution in [0, 0.1) is 0 Å². The lowest BCUT2D eigenvalue weighted by atomic mass is 9.89.